The van der Waals surface area contributed by atoms with Gasteiger partial charge in [-0.1, -0.05) is 0 Å². The lowest BCUT2D eigenvalue weighted by Gasteiger charge is -2.18. The van der Waals surface area contributed by atoms with Crippen molar-refractivity contribution in [3.05, 3.63) is 64.8 Å². The van der Waals surface area contributed by atoms with Crippen molar-refractivity contribution in [2.75, 3.05) is 18.4 Å². The first kappa shape index (κ1) is 18.7. The molecule has 2 aromatic carbocycles. The molecule has 0 saturated carbocycles. The Hall–Kier alpha value is -3.08. The van der Waals surface area contributed by atoms with Crippen LogP contribution in [0.2, 0.25) is 0 Å². The van der Waals surface area contributed by atoms with Crippen LogP contribution in [0.1, 0.15) is 45.8 Å². The molecule has 0 unspecified atom stereocenters. The van der Waals surface area contributed by atoms with Crippen molar-refractivity contribution in [2.45, 2.75) is 27.7 Å². The van der Waals surface area contributed by atoms with Gasteiger partial charge in [-0.05, 0) is 75.7 Å². The number of aromatic amines is 1. The van der Waals surface area contributed by atoms with E-state index in [9.17, 15) is 9.59 Å². The Kier molecular flexibility index (Phi) is 5.31. The van der Waals surface area contributed by atoms with Crippen LogP contribution in [0.15, 0.2) is 42.5 Å². The van der Waals surface area contributed by atoms with E-state index in [1.807, 2.05) is 45.9 Å². The second-order valence-electron chi connectivity index (χ2n) is 6.64. The number of fused-ring (bicyclic) bond motifs is 1. The zero-order chi connectivity index (χ0) is 19.6. The SMILES string of the molecule is CCN(CC)C(=O)c1ccc(NC(=O)c2ccc3[nH]c(C)c(C)c3c2)cc1. The van der Waals surface area contributed by atoms with Gasteiger partial charge in [-0.2, -0.15) is 0 Å². The highest BCUT2D eigenvalue weighted by molar-refractivity contribution is 6.06. The molecule has 3 aromatic rings. The molecule has 27 heavy (non-hydrogen) atoms. The highest BCUT2D eigenvalue weighted by Gasteiger charge is 2.13. The van der Waals surface area contributed by atoms with Crippen LogP contribution in [0.25, 0.3) is 10.9 Å². The fourth-order valence-electron chi connectivity index (χ4n) is 3.20. The van der Waals surface area contributed by atoms with E-state index in [1.54, 1.807) is 29.2 Å². The lowest BCUT2D eigenvalue weighted by Crippen LogP contribution is -2.30. The summed E-state index contributed by atoms with van der Waals surface area (Å²) in [6.07, 6.45) is 0. The lowest BCUT2D eigenvalue weighted by atomic mass is 10.1. The van der Waals surface area contributed by atoms with E-state index >= 15 is 0 Å². The van der Waals surface area contributed by atoms with Crippen LogP contribution in [0, 0.1) is 13.8 Å². The Morgan fingerprint density at radius 2 is 1.59 bits per heavy atom. The highest BCUT2D eigenvalue weighted by Crippen LogP contribution is 2.23. The minimum absolute atomic E-state index is 0.00151. The predicted molar refractivity (Wildman–Crippen MR) is 109 cm³/mol. The van der Waals surface area contributed by atoms with E-state index < -0.39 is 0 Å². The van der Waals surface area contributed by atoms with Crippen LogP contribution < -0.4 is 5.32 Å². The molecule has 1 aromatic heterocycles. The second kappa shape index (κ2) is 7.66. The first-order valence-electron chi connectivity index (χ1n) is 9.24. The van der Waals surface area contributed by atoms with Crippen LogP contribution in [0.5, 0.6) is 0 Å². The van der Waals surface area contributed by atoms with Gasteiger partial charge < -0.3 is 15.2 Å². The predicted octanol–water partition coefficient (Wildman–Crippen LogP) is 4.52. The summed E-state index contributed by atoms with van der Waals surface area (Å²) in [5, 5.41) is 3.95. The molecule has 1 heterocycles. The topological polar surface area (TPSA) is 65.2 Å². The summed E-state index contributed by atoms with van der Waals surface area (Å²) >= 11 is 0. The molecule has 0 bridgehead atoms. The van der Waals surface area contributed by atoms with Gasteiger partial charge in [0.15, 0.2) is 0 Å². The third-order valence-electron chi connectivity index (χ3n) is 5.01. The van der Waals surface area contributed by atoms with Gasteiger partial charge in [-0.25, -0.2) is 0 Å². The number of amides is 2. The van der Waals surface area contributed by atoms with Crippen molar-refractivity contribution in [3.63, 3.8) is 0 Å². The summed E-state index contributed by atoms with van der Waals surface area (Å²) in [6.45, 7) is 9.33. The summed E-state index contributed by atoms with van der Waals surface area (Å²) < 4.78 is 0. The van der Waals surface area contributed by atoms with Crippen molar-refractivity contribution >= 4 is 28.4 Å². The first-order chi connectivity index (χ1) is 12.9. The van der Waals surface area contributed by atoms with E-state index in [2.05, 4.69) is 10.3 Å². The maximum Gasteiger partial charge on any atom is 0.255 e. The number of aryl methyl sites for hydroxylation is 2. The minimum Gasteiger partial charge on any atom is -0.358 e. The number of hydrogen-bond donors (Lipinski definition) is 2. The van der Waals surface area contributed by atoms with Crippen LogP contribution in [0.4, 0.5) is 5.69 Å². The fourth-order valence-corrected chi connectivity index (χ4v) is 3.20. The van der Waals surface area contributed by atoms with Crippen molar-refractivity contribution in [3.8, 4) is 0 Å². The third kappa shape index (κ3) is 3.72. The number of nitrogens with one attached hydrogen (secondary N) is 2. The molecular weight excluding hydrogens is 338 g/mol. The molecule has 0 fully saturated rings. The van der Waals surface area contributed by atoms with Crippen molar-refractivity contribution in [1.82, 2.24) is 9.88 Å². The van der Waals surface area contributed by atoms with Gasteiger partial charge in [0.1, 0.15) is 0 Å². The van der Waals surface area contributed by atoms with Crippen LogP contribution in [-0.2, 0) is 0 Å². The molecule has 0 saturated heterocycles. The molecule has 3 rings (SSSR count). The van der Waals surface area contributed by atoms with Crippen molar-refractivity contribution in [1.29, 1.82) is 0 Å². The van der Waals surface area contributed by atoms with Gasteiger partial charge in [-0.3, -0.25) is 9.59 Å². The van der Waals surface area contributed by atoms with Gasteiger partial charge in [0.25, 0.3) is 11.8 Å². The normalized spacial score (nSPS) is 10.8. The Labute approximate surface area is 159 Å². The lowest BCUT2D eigenvalue weighted by molar-refractivity contribution is 0.0773. The van der Waals surface area contributed by atoms with Crippen molar-refractivity contribution in [2.24, 2.45) is 0 Å². The van der Waals surface area contributed by atoms with Crippen LogP contribution in [0.3, 0.4) is 0 Å². The largest absolute Gasteiger partial charge is 0.358 e. The summed E-state index contributed by atoms with van der Waals surface area (Å²) in [5.41, 5.74) is 5.18. The minimum atomic E-state index is -0.169. The van der Waals surface area contributed by atoms with Crippen LogP contribution in [-0.4, -0.2) is 34.8 Å². The highest BCUT2D eigenvalue weighted by atomic mass is 16.2. The third-order valence-corrected chi connectivity index (χ3v) is 5.01. The molecule has 5 nitrogen and oxygen atoms in total. The standard InChI is InChI=1S/C22H25N3O2/c1-5-25(6-2)22(27)16-7-10-18(11-8-16)24-21(26)17-9-12-20-19(13-17)14(3)15(4)23-20/h7-13,23H,5-6H2,1-4H3,(H,24,26). The number of hydrogen-bond acceptors (Lipinski definition) is 2. The first-order valence-corrected chi connectivity index (χ1v) is 9.24. The number of carbonyl (C=O) groups is 2. The van der Waals surface area contributed by atoms with Gasteiger partial charge in [0.05, 0.1) is 0 Å². The number of benzene rings is 2. The molecule has 2 N–H and O–H groups in total. The fraction of sp³-hybridized carbons (Fsp3) is 0.273. The number of aromatic nitrogens is 1. The average Bonchev–Trinajstić information content (AvgIpc) is 2.96. The number of anilines is 1. The van der Waals surface area contributed by atoms with Gasteiger partial charge in [0.2, 0.25) is 0 Å². The van der Waals surface area contributed by atoms with Crippen LogP contribution >= 0.6 is 0 Å². The maximum atomic E-state index is 12.6. The second-order valence-corrected chi connectivity index (χ2v) is 6.64. The zero-order valence-electron chi connectivity index (χ0n) is 16.2. The number of rotatable bonds is 5. The number of nitrogens with zero attached hydrogens (tertiary/aromatic N) is 1. The Bertz CT molecular complexity index is 983. The Morgan fingerprint density at radius 3 is 2.22 bits per heavy atom. The Morgan fingerprint density at radius 1 is 0.963 bits per heavy atom. The summed E-state index contributed by atoms with van der Waals surface area (Å²) in [5.74, 6) is -0.167. The molecule has 0 spiro atoms. The Balaban J connectivity index is 1.76. The average molecular weight is 363 g/mol. The quantitative estimate of drug-likeness (QED) is 0.700. The van der Waals surface area contributed by atoms with Gasteiger partial charge >= 0.3 is 0 Å². The molecule has 0 radical (unpaired) electrons. The van der Waals surface area contributed by atoms with E-state index in [-0.39, 0.29) is 11.8 Å². The maximum absolute atomic E-state index is 12.6. The van der Waals surface area contributed by atoms with Gasteiger partial charge in [-0.15, -0.1) is 0 Å². The van der Waals surface area contributed by atoms with Crippen molar-refractivity contribution < 1.29 is 9.59 Å². The molecule has 0 aliphatic rings. The molecule has 0 aliphatic carbocycles. The summed E-state index contributed by atoms with van der Waals surface area (Å²) in [7, 11) is 0. The zero-order valence-corrected chi connectivity index (χ0v) is 16.2. The summed E-state index contributed by atoms with van der Waals surface area (Å²) in [4.78, 5) is 30.0. The molecule has 0 aliphatic heterocycles. The van der Waals surface area contributed by atoms with E-state index in [0.717, 1.165) is 22.2 Å². The molecule has 140 valence electrons. The molecule has 5 heteroatoms. The molecular formula is C22H25N3O2. The number of H-pyrrole nitrogens is 1. The number of carbonyl (C=O) groups excluding carboxylic acids is 2. The van der Waals surface area contributed by atoms with E-state index in [1.165, 1.54) is 0 Å². The molecule has 0 atom stereocenters. The monoisotopic (exact) mass is 363 g/mol. The van der Waals surface area contributed by atoms with E-state index in [0.29, 0.717) is 29.9 Å². The van der Waals surface area contributed by atoms with E-state index in [4.69, 9.17) is 0 Å². The molecule has 2 amide bonds. The van der Waals surface area contributed by atoms with Gasteiger partial charge in [0, 0.05) is 46.5 Å². The summed E-state index contributed by atoms with van der Waals surface area (Å²) in [6, 6.07) is 12.7. The smallest absolute Gasteiger partial charge is 0.255 e.